The van der Waals surface area contributed by atoms with Crippen LogP contribution < -0.4 is 0 Å². The molecule has 0 aromatic heterocycles. The Labute approximate surface area is 87.4 Å². The van der Waals surface area contributed by atoms with Crippen LogP contribution in [0.25, 0.3) is 0 Å². The minimum absolute atomic E-state index is 0.0211. The smallest absolute Gasteiger partial charge is 0.389 e. The summed E-state index contributed by atoms with van der Waals surface area (Å²) in [5.74, 6) is 0. The van der Waals surface area contributed by atoms with Crippen molar-refractivity contribution in [1.82, 2.24) is 0 Å². The zero-order valence-electron chi connectivity index (χ0n) is 8.59. The first-order chi connectivity index (χ1) is 6.99. The van der Waals surface area contributed by atoms with Crippen molar-refractivity contribution in [1.29, 1.82) is 0 Å². The molecule has 1 saturated carbocycles. The van der Waals surface area contributed by atoms with Gasteiger partial charge in [-0.2, -0.15) is 13.2 Å². The maximum atomic E-state index is 11.8. The molecule has 2 nitrogen and oxygen atoms in total. The number of hydrogen-bond donors (Lipinski definition) is 1. The highest BCUT2D eigenvalue weighted by Crippen LogP contribution is 2.23. The van der Waals surface area contributed by atoms with Crippen LogP contribution in [0.5, 0.6) is 0 Å². The Morgan fingerprint density at radius 1 is 1.20 bits per heavy atom. The maximum absolute atomic E-state index is 11.8. The Balaban J connectivity index is 2.08. The van der Waals surface area contributed by atoms with Gasteiger partial charge in [0.1, 0.15) is 0 Å². The molecule has 1 rings (SSSR count). The van der Waals surface area contributed by atoms with Gasteiger partial charge in [0, 0.05) is 13.0 Å². The summed E-state index contributed by atoms with van der Waals surface area (Å²) in [6.45, 7) is 0.0846. The highest BCUT2D eigenvalue weighted by atomic mass is 19.4. The molecule has 1 N–H and O–H groups in total. The van der Waals surface area contributed by atoms with Crippen LogP contribution in [0.2, 0.25) is 0 Å². The van der Waals surface area contributed by atoms with Gasteiger partial charge in [-0.25, -0.2) is 0 Å². The van der Waals surface area contributed by atoms with Crippen LogP contribution in [-0.4, -0.2) is 30.1 Å². The van der Waals surface area contributed by atoms with Gasteiger partial charge in [-0.15, -0.1) is 0 Å². The molecule has 0 aromatic rings. The average molecular weight is 226 g/mol. The van der Waals surface area contributed by atoms with Crippen molar-refractivity contribution in [3.63, 3.8) is 0 Å². The summed E-state index contributed by atoms with van der Waals surface area (Å²) in [4.78, 5) is 0. The predicted octanol–water partition coefficient (Wildman–Crippen LogP) is 2.65. The lowest BCUT2D eigenvalue weighted by atomic mass is 9.95. The van der Waals surface area contributed by atoms with E-state index < -0.39 is 18.7 Å². The normalized spacial score (nSPS) is 28.0. The largest absolute Gasteiger partial charge is 0.390 e. The fourth-order valence-electron chi connectivity index (χ4n) is 1.78. The first-order valence-corrected chi connectivity index (χ1v) is 5.35. The molecule has 15 heavy (non-hydrogen) atoms. The molecule has 0 aliphatic heterocycles. The van der Waals surface area contributed by atoms with E-state index in [1.54, 1.807) is 0 Å². The Morgan fingerprint density at radius 2 is 1.87 bits per heavy atom. The van der Waals surface area contributed by atoms with Gasteiger partial charge in [0.2, 0.25) is 0 Å². The van der Waals surface area contributed by atoms with E-state index in [4.69, 9.17) is 4.74 Å². The molecule has 1 aliphatic carbocycles. The number of aliphatic hydroxyl groups is 1. The topological polar surface area (TPSA) is 29.5 Å². The molecule has 0 amide bonds. The van der Waals surface area contributed by atoms with E-state index in [1.807, 2.05) is 0 Å². The van der Waals surface area contributed by atoms with Crippen molar-refractivity contribution in [3.8, 4) is 0 Å². The first-order valence-electron chi connectivity index (χ1n) is 5.35. The van der Waals surface area contributed by atoms with Crippen LogP contribution in [0.1, 0.15) is 38.5 Å². The lowest BCUT2D eigenvalue weighted by Crippen LogP contribution is -2.32. The second kappa shape index (κ2) is 5.70. The third-order valence-corrected chi connectivity index (χ3v) is 2.60. The van der Waals surface area contributed by atoms with Crippen molar-refractivity contribution in [2.75, 3.05) is 6.61 Å². The van der Waals surface area contributed by atoms with Gasteiger partial charge < -0.3 is 9.84 Å². The molecule has 0 heterocycles. The first kappa shape index (κ1) is 12.8. The fraction of sp³-hybridized carbons (Fsp3) is 1.00. The van der Waals surface area contributed by atoms with Crippen molar-refractivity contribution in [2.45, 2.75) is 56.9 Å². The summed E-state index contributed by atoms with van der Waals surface area (Å²) in [6.07, 6.45) is -2.27. The zero-order valence-corrected chi connectivity index (χ0v) is 8.59. The van der Waals surface area contributed by atoms with E-state index in [2.05, 4.69) is 0 Å². The third kappa shape index (κ3) is 5.37. The Bertz CT molecular complexity index is 182. The van der Waals surface area contributed by atoms with E-state index in [0.717, 1.165) is 19.3 Å². The summed E-state index contributed by atoms with van der Waals surface area (Å²) in [6, 6.07) is 0. The molecule has 0 saturated heterocycles. The second-order valence-corrected chi connectivity index (χ2v) is 3.98. The van der Waals surface area contributed by atoms with E-state index in [-0.39, 0.29) is 19.1 Å². The van der Waals surface area contributed by atoms with Gasteiger partial charge in [-0.3, -0.25) is 0 Å². The van der Waals surface area contributed by atoms with Gasteiger partial charge in [-0.05, 0) is 19.3 Å². The number of halogens is 3. The lowest BCUT2D eigenvalue weighted by Gasteiger charge is -2.27. The molecule has 0 spiro atoms. The highest BCUT2D eigenvalue weighted by molar-refractivity contribution is 4.74. The maximum Gasteiger partial charge on any atom is 0.389 e. The number of ether oxygens (including phenoxy) is 1. The monoisotopic (exact) mass is 226 g/mol. The molecule has 2 unspecified atom stereocenters. The molecule has 1 aliphatic rings. The summed E-state index contributed by atoms with van der Waals surface area (Å²) >= 11 is 0. The van der Waals surface area contributed by atoms with Crippen molar-refractivity contribution < 1.29 is 23.0 Å². The van der Waals surface area contributed by atoms with Crippen LogP contribution >= 0.6 is 0 Å². The Kier molecular flexibility index (Phi) is 4.86. The quantitative estimate of drug-likeness (QED) is 0.747. The van der Waals surface area contributed by atoms with E-state index in [1.165, 1.54) is 0 Å². The van der Waals surface area contributed by atoms with Crippen molar-refractivity contribution in [3.05, 3.63) is 0 Å². The zero-order chi connectivity index (χ0) is 11.3. The van der Waals surface area contributed by atoms with Crippen LogP contribution in [0.4, 0.5) is 13.2 Å². The number of hydrogen-bond acceptors (Lipinski definition) is 2. The predicted molar refractivity (Wildman–Crippen MR) is 49.5 cm³/mol. The van der Waals surface area contributed by atoms with E-state index in [0.29, 0.717) is 6.42 Å². The van der Waals surface area contributed by atoms with E-state index >= 15 is 0 Å². The van der Waals surface area contributed by atoms with Gasteiger partial charge in [0.05, 0.1) is 12.2 Å². The Morgan fingerprint density at radius 3 is 2.47 bits per heavy atom. The second-order valence-electron chi connectivity index (χ2n) is 3.98. The third-order valence-electron chi connectivity index (χ3n) is 2.60. The summed E-state index contributed by atoms with van der Waals surface area (Å²) in [5.41, 5.74) is 0. The molecule has 1 fully saturated rings. The van der Waals surface area contributed by atoms with Gasteiger partial charge in [0.15, 0.2) is 0 Å². The summed E-state index contributed by atoms with van der Waals surface area (Å²) < 4.78 is 40.6. The summed E-state index contributed by atoms with van der Waals surface area (Å²) in [7, 11) is 0. The SMILES string of the molecule is OC1CCCCC1OCCCC(F)(F)F. The fourth-order valence-corrected chi connectivity index (χ4v) is 1.78. The van der Waals surface area contributed by atoms with Crippen LogP contribution in [0.15, 0.2) is 0 Å². The number of alkyl halides is 3. The molecule has 0 radical (unpaired) electrons. The number of rotatable bonds is 4. The summed E-state index contributed by atoms with van der Waals surface area (Å²) in [5, 5.41) is 9.48. The molecule has 0 aromatic carbocycles. The standard InChI is InChI=1S/C10H17F3O2/c11-10(12,13)6-3-7-15-9-5-2-1-4-8(9)14/h8-9,14H,1-7H2. The Hall–Kier alpha value is -0.290. The van der Waals surface area contributed by atoms with Gasteiger partial charge in [0.25, 0.3) is 0 Å². The van der Waals surface area contributed by atoms with Crippen LogP contribution in [0, 0.1) is 0 Å². The minimum atomic E-state index is -4.10. The van der Waals surface area contributed by atoms with Crippen molar-refractivity contribution >= 4 is 0 Å². The van der Waals surface area contributed by atoms with Crippen molar-refractivity contribution in [2.24, 2.45) is 0 Å². The van der Waals surface area contributed by atoms with E-state index in [9.17, 15) is 18.3 Å². The molecule has 90 valence electrons. The highest BCUT2D eigenvalue weighted by Gasteiger charge is 2.27. The molecule has 5 heteroatoms. The average Bonchev–Trinajstić information content (AvgIpc) is 2.13. The molecular weight excluding hydrogens is 209 g/mol. The number of aliphatic hydroxyl groups excluding tert-OH is 1. The minimum Gasteiger partial charge on any atom is -0.390 e. The van der Waals surface area contributed by atoms with Crippen LogP contribution in [-0.2, 0) is 4.74 Å². The molecule has 0 bridgehead atoms. The van der Waals surface area contributed by atoms with Gasteiger partial charge >= 0.3 is 6.18 Å². The molecular formula is C10H17F3O2. The lowest BCUT2D eigenvalue weighted by molar-refractivity contribution is -0.141. The van der Waals surface area contributed by atoms with Gasteiger partial charge in [-0.1, -0.05) is 12.8 Å². The van der Waals surface area contributed by atoms with Crippen LogP contribution in [0.3, 0.4) is 0 Å². The molecule has 2 atom stereocenters.